The molecule has 1 aromatic heterocycles. The van der Waals surface area contributed by atoms with Gasteiger partial charge in [-0.1, -0.05) is 53.6 Å². The van der Waals surface area contributed by atoms with Crippen LogP contribution < -0.4 is 0 Å². The fraction of sp³-hybridized carbons (Fsp3) is 0.125. The van der Waals surface area contributed by atoms with E-state index in [1.165, 1.54) is 0 Å². The largest absolute Gasteiger partial charge is 0.347 e. The lowest BCUT2D eigenvalue weighted by Gasteiger charge is -2.28. The molecule has 1 aliphatic rings. The standard InChI is InChI=1S/C16H12Cl2N2O/c17-11-5-4-6-12(18)13(11)14(21)16(7-2-1-3-8-16)15-19-9-10-20-15/h1-7,9-10H,8H2,(H,19,20). The lowest BCUT2D eigenvalue weighted by Crippen LogP contribution is -2.36. The molecule has 5 heteroatoms. The quantitative estimate of drug-likeness (QED) is 0.855. The van der Waals surface area contributed by atoms with Crippen LogP contribution in [0.1, 0.15) is 22.6 Å². The van der Waals surface area contributed by atoms with Crippen LogP contribution in [-0.2, 0) is 5.41 Å². The third-order valence-electron chi connectivity index (χ3n) is 3.58. The molecule has 0 radical (unpaired) electrons. The van der Waals surface area contributed by atoms with Crippen LogP contribution in [0.2, 0.25) is 10.0 Å². The van der Waals surface area contributed by atoms with E-state index in [-0.39, 0.29) is 5.78 Å². The number of nitrogens with one attached hydrogen (secondary N) is 1. The number of aromatic amines is 1. The maximum atomic E-state index is 13.1. The molecule has 3 nitrogen and oxygen atoms in total. The molecule has 1 heterocycles. The second-order valence-corrected chi connectivity index (χ2v) is 5.64. The van der Waals surface area contributed by atoms with Crippen LogP contribution in [0.3, 0.4) is 0 Å². The molecular weight excluding hydrogens is 307 g/mol. The number of Topliss-reactive ketones (excluding diaryl/α,β-unsaturated/α-hetero) is 1. The number of halogens is 2. The monoisotopic (exact) mass is 318 g/mol. The predicted octanol–water partition coefficient (Wildman–Crippen LogP) is 4.35. The molecule has 0 amide bonds. The van der Waals surface area contributed by atoms with Crippen LogP contribution >= 0.6 is 23.2 Å². The van der Waals surface area contributed by atoms with E-state index >= 15 is 0 Å². The van der Waals surface area contributed by atoms with Gasteiger partial charge in [-0.25, -0.2) is 4.98 Å². The molecule has 1 N–H and O–H groups in total. The second kappa shape index (κ2) is 5.51. The van der Waals surface area contributed by atoms with E-state index in [1.54, 1.807) is 30.6 Å². The summed E-state index contributed by atoms with van der Waals surface area (Å²) in [7, 11) is 0. The Balaban J connectivity index is 2.17. The number of ketones is 1. The number of rotatable bonds is 3. The Hall–Kier alpha value is -1.84. The summed E-state index contributed by atoms with van der Waals surface area (Å²) < 4.78 is 0. The number of nitrogens with zero attached hydrogens (tertiary/aromatic N) is 1. The summed E-state index contributed by atoms with van der Waals surface area (Å²) in [5.74, 6) is 0.428. The van der Waals surface area contributed by atoms with E-state index in [9.17, 15) is 4.79 Å². The van der Waals surface area contributed by atoms with Crippen molar-refractivity contribution in [2.24, 2.45) is 0 Å². The summed E-state index contributed by atoms with van der Waals surface area (Å²) in [6, 6.07) is 5.05. The van der Waals surface area contributed by atoms with Crippen molar-refractivity contribution in [3.8, 4) is 0 Å². The lowest BCUT2D eigenvalue weighted by molar-refractivity contribution is 0.0912. The number of hydrogen-bond donors (Lipinski definition) is 1. The van der Waals surface area contributed by atoms with Crippen molar-refractivity contribution < 1.29 is 4.79 Å². The fourth-order valence-corrected chi connectivity index (χ4v) is 3.09. The number of carbonyl (C=O) groups excluding carboxylic acids is 1. The van der Waals surface area contributed by atoms with Crippen LogP contribution in [0.4, 0.5) is 0 Å². The first kappa shape index (κ1) is 14.1. The van der Waals surface area contributed by atoms with Gasteiger partial charge in [-0.2, -0.15) is 0 Å². The van der Waals surface area contributed by atoms with E-state index in [0.29, 0.717) is 27.9 Å². The Morgan fingerprint density at radius 2 is 2.00 bits per heavy atom. The van der Waals surface area contributed by atoms with E-state index < -0.39 is 5.41 Å². The molecule has 0 fully saturated rings. The number of aromatic nitrogens is 2. The highest BCUT2D eigenvalue weighted by molar-refractivity contribution is 6.40. The molecule has 0 aliphatic heterocycles. The molecule has 106 valence electrons. The van der Waals surface area contributed by atoms with Crippen molar-refractivity contribution in [1.29, 1.82) is 0 Å². The minimum absolute atomic E-state index is 0.159. The maximum Gasteiger partial charge on any atom is 0.183 e. The van der Waals surface area contributed by atoms with Crippen molar-refractivity contribution in [2.75, 3.05) is 0 Å². The zero-order chi connectivity index (χ0) is 14.9. The Bertz CT molecular complexity index is 714. The number of carbonyl (C=O) groups is 1. The van der Waals surface area contributed by atoms with Crippen LogP contribution in [0, 0.1) is 0 Å². The maximum absolute atomic E-state index is 13.1. The SMILES string of the molecule is O=C(c1c(Cl)cccc1Cl)C1(c2ncc[nH]2)C=CC=CC1. The van der Waals surface area contributed by atoms with Crippen LogP contribution in [-0.4, -0.2) is 15.8 Å². The minimum atomic E-state index is -0.896. The average Bonchev–Trinajstić information content (AvgIpc) is 3.02. The summed E-state index contributed by atoms with van der Waals surface area (Å²) >= 11 is 12.4. The van der Waals surface area contributed by atoms with Crippen LogP contribution in [0.25, 0.3) is 0 Å². The van der Waals surface area contributed by atoms with E-state index in [1.807, 2.05) is 24.3 Å². The Kier molecular flexibility index (Phi) is 3.70. The Morgan fingerprint density at radius 1 is 1.24 bits per heavy atom. The molecule has 0 saturated carbocycles. The third-order valence-corrected chi connectivity index (χ3v) is 4.21. The Morgan fingerprint density at radius 3 is 2.57 bits per heavy atom. The van der Waals surface area contributed by atoms with Gasteiger partial charge in [-0.15, -0.1) is 0 Å². The molecule has 0 bridgehead atoms. The zero-order valence-electron chi connectivity index (χ0n) is 11.0. The van der Waals surface area contributed by atoms with Gasteiger partial charge in [-0.3, -0.25) is 4.79 Å². The molecule has 2 aromatic rings. The van der Waals surface area contributed by atoms with E-state index in [0.717, 1.165) is 0 Å². The highest BCUT2D eigenvalue weighted by atomic mass is 35.5. The topological polar surface area (TPSA) is 45.8 Å². The lowest BCUT2D eigenvalue weighted by atomic mass is 9.74. The van der Waals surface area contributed by atoms with Gasteiger partial charge in [0, 0.05) is 12.4 Å². The van der Waals surface area contributed by atoms with Gasteiger partial charge in [0.2, 0.25) is 0 Å². The first-order valence-corrected chi connectivity index (χ1v) is 7.24. The van der Waals surface area contributed by atoms with E-state index in [4.69, 9.17) is 23.2 Å². The van der Waals surface area contributed by atoms with Gasteiger partial charge >= 0.3 is 0 Å². The van der Waals surface area contributed by atoms with Gasteiger partial charge in [0.1, 0.15) is 11.2 Å². The van der Waals surface area contributed by atoms with Crippen LogP contribution in [0.5, 0.6) is 0 Å². The summed E-state index contributed by atoms with van der Waals surface area (Å²) in [5, 5.41) is 0.697. The first-order chi connectivity index (χ1) is 10.1. The highest BCUT2D eigenvalue weighted by Crippen LogP contribution is 2.38. The van der Waals surface area contributed by atoms with E-state index in [2.05, 4.69) is 9.97 Å². The van der Waals surface area contributed by atoms with Crippen LogP contribution in [0.15, 0.2) is 54.9 Å². The van der Waals surface area contributed by atoms with Crippen molar-refractivity contribution in [2.45, 2.75) is 11.8 Å². The average molecular weight is 319 g/mol. The van der Waals surface area contributed by atoms with Gasteiger partial charge in [0.05, 0.1) is 15.6 Å². The molecule has 1 aliphatic carbocycles. The normalized spacial score (nSPS) is 20.7. The fourth-order valence-electron chi connectivity index (χ4n) is 2.52. The number of benzene rings is 1. The molecule has 0 saturated heterocycles. The van der Waals surface area contributed by atoms with Gasteiger partial charge in [-0.05, 0) is 18.6 Å². The minimum Gasteiger partial charge on any atom is -0.347 e. The summed E-state index contributed by atoms with van der Waals surface area (Å²) in [6.07, 6.45) is 11.4. The number of imidazole rings is 1. The molecular formula is C16H12Cl2N2O. The number of hydrogen-bond acceptors (Lipinski definition) is 2. The third kappa shape index (κ3) is 2.33. The molecule has 0 spiro atoms. The highest BCUT2D eigenvalue weighted by Gasteiger charge is 2.42. The molecule has 21 heavy (non-hydrogen) atoms. The Labute approximate surface area is 132 Å². The van der Waals surface area contributed by atoms with Gasteiger partial charge < -0.3 is 4.98 Å². The zero-order valence-corrected chi connectivity index (χ0v) is 12.5. The number of H-pyrrole nitrogens is 1. The summed E-state index contributed by atoms with van der Waals surface area (Å²) in [5.41, 5.74) is -0.565. The second-order valence-electron chi connectivity index (χ2n) is 4.83. The summed E-state index contributed by atoms with van der Waals surface area (Å²) in [4.78, 5) is 20.5. The van der Waals surface area contributed by atoms with Gasteiger partial charge in [0.25, 0.3) is 0 Å². The first-order valence-electron chi connectivity index (χ1n) is 6.48. The molecule has 1 aromatic carbocycles. The van der Waals surface area contributed by atoms with Crippen molar-refractivity contribution in [3.63, 3.8) is 0 Å². The predicted molar refractivity (Wildman–Crippen MR) is 84.0 cm³/mol. The van der Waals surface area contributed by atoms with Gasteiger partial charge in [0.15, 0.2) is 5.78 Å². The van der Waals surface area contributed by atoms with Crippen molar-refractivity contribution in [1.82, 2.24) is 9.97 Å². The molecule has 1 atom stereocenters. The summed E-state index contributed by atoms with van der Waals surface area (Å²) in [6.45, 7) is 0. The number of allylic oxidation sites excluding steroid dienone is 4. The smallest absolute Gasteiger partial charge is 0.183 e. The van der Waals surface area contributed by atoms with Crippen molar-refractivity contribution in [3.05, 3.63) is 76.3 Å². The van der Waals surface area contributed by atoms with Crippen molar-refractivity contribution >= 4 is 29.0 Å². The molecule has 3 rings (SSSR count). The molecule has 1 unspecified atom stereocenters.